The number of rotatable bonds is 1. The molecule has 0 saturated heterocycles. The minimum Gasteiger partial charge on any atom is -0.329 e. The average molecular weight is 198 g/mol. The normalized spacial score (nSPS) is 9.23. The van der Waals surface area contributed by atoms with Gasteiger partial charge in [-0.3, -0.25) is 9.89 Å². The fraction of sp³-hybridized carbons (Fsp3) is 0. The first-order valence-corrected chi connectivity index (χ1v) is 3.54. The Hall–Kier alpha value is -1.55. The van der Waals surface area contributed by atoms with Crippen LogP contribution in [0.4, 0.5) is 0 Å². The van der Waals surface area contributed by atoms with Crippen molar-refractivity contribution < 1.29 is 0 Å². The molecule has 4 nitrogen and oxygen atoms in total. The van der Waals surface area contributed by atoms with Gasteiger partial charge in [-0.05, 0) is 11.6 Å². The second-order valence-corrected chi connectivity index (χ2v) is 2.43. The van der Waals surface area contributed by atoms with Gasteiger partial charge in [0, 0.05) is 24.0 Å². The van der Waals surface area contributed by atoms with Crippen LogP contribution in [0.15, 0.2) is 35.5 Å². The highest BCUT2D eigenvalue weighted by atomic mass is 35.5. The van der Waals surface area contributed by atoms with E-state index in [1.54, 1.807) is 18.6 Å². The summed E-state index contributed by atoms with van der Waals surface area (Å²) in [6, 6.07) is 3.36. The molecule has 2 aromatic rings. The maximum Gasteiger partial charge on any atom is 0.248 e. The summed E-state index contributed by atoms with van der Waals surface area (Å²) < 4.78 is 0. The molecule has 68 valence electrons. The predicted octanol–water partition coefficient (Wildman–Crippen LogP) is 1.19. The fourth-order valence-electron chi connectivity index (χ4n) is 1.03. The maximum absolute atomic E-state index is 10.9. The average Bonchev–Trinajstić information content (AvgIpc) is 2.56. The molecule has 0 aliphatic carbocycles. The molecule has 13 heavy (non-hydrogen) atoms. The Bertz CT molecular complexity index is 421. The van der Waals surface area contributed by atoms with Crippen molar-refractivity contribution in [2.45, 2.75) is 0 Å². The second kappa shape index (κ2) is 3.91. The van der Waals surface area contributed by atoms with E-state index in [1.165, 1.54) is 6.07 Å². The van der Waals surface area contributed by atoms with E-state index in [4.69, 9.17) is 0 Å². The highest BCUT2D eigenvalue weighted by Gasteiger charge is 1.97. The summed E-state index contributed by atoms with van der Waals surface area (Å²) in [5.74, 6) is 0. The van der Waals surface area contributed by atoms with Gasteiger partial charge >= 0.3 is 0 Å². The number of H-pyrrole nitrogens is 2. The van der Waals surface area contributed by atoms with E-state index in [-0.39, 0.29) is 18.0 Å². The molecule has 0 radical (unpaired) electrons. The van der Waals surface area contributed by atoms with Gasteiger partial charge in [-0.1, -0.05) is 0 Å². The van der Waals surface area contributed by atoms with Crippen molar-refractivity contribution in [1.29, 1.82) is 0 Å². The van der Waals surface area contributed by atoms with Crippen molar-refractivity contribution in [1.82, 2.24) is 15.2 Å². The van der Waals surface area contributed by atoms with Crippen LogP contribution < -0.4 is 5.56 Å². The summed E-state index contributed by atoms with van der Waals surface area (Å²) in [5, 5.41) is 6.48. The molecule has 0 bridgehead atoms. The SMILES string of the molecule is Cl.O=c1cc(-c2cn[nH]c2)cc[nH]1. The molecule has 0 aliphatic heterocycles. The van der Waals surface area contributed by atoms with Crippen molar-refractivity contribution >= 4 is 12.4 Å². The number of halogens is 1. The molecule has 0 saturated carbocycles. The molecule has 0 spiro atoms. The number of aromatic amines is 2. The summed E-state index contributed by atoms with van der Waals surface area (Å²) >= 11 is 0. The third-order valence-corrected chi connectivity index (χ3v) is 1.61. The van der Waals surface area contributed by atoms with Crippen LogP contribution in [-0.4, -0.2) is 15.2 Å². The highest BCUT2D eigenvalue weighted by molar-refractivity contribution is 5.85. The van der Waals surface area contributed by atoms with E-state index in [9.17, 15) is 4.79 Å². The minimum absolute atomic E-state index is 0. The Morgan fingerprint density at radius 1 is 1.31 bits per heavy atom. The van der Waals surface area contributed by atoms with Crippen LogP contribution in [0.25, 0.3) is 11.1 Å². The van der Waals surface area contributed by atoms with Gasteiger partial charge in [0.25, 0.3) is 0 Å². The van der Waals surface area contributed by atoms with E-state index < -0.39 is 0 Å². The molecule has 0 amide bonds. The van der Waals surface area contributed by atoms with Crippen LogP contribution >= 0.6 is 12.4 Å². The summed E-state index contributed by atoms with van der Waals surface area (Å²) in [5.41, 5.74) is 1.68. The monoisotopic (exact) mass is 197 g/mol. The van der Waals surface area contributed by atoms with Crippen LogP contribution in [0.1, 0.15) is 0 Å². The van der Waals surface area contributed by atoms with Gasteiger partial charge < -0.3 is 4.98 Å². The van der Waals surface area contributed by atoms with Crippen molar-refractivity contribution in [3.63, 3.8) is 0 Å². The molecular formula is C8H8ClN3O. The van der Waals surface area contributed by atoms with Gasteiger partial charge in [0.1, 0.15) is 0 Å². The molecule has 0 fully saturated rings. The molecule has 2 heterocycles. The lowest BCUT2D eigenvalue weighted by molar-refractivity contribution is 1.09. The lowest BCUT2D eigenvalue weighted by Crippen LogP contribution is -2.01. The smallest absolute Gasteiger partial charge is 0.248 e. The van der Waals surface area contributed by atoms with Gasteiger partial charge in [0.15, 0.2) is 0 Å². The minimum atomic E-state index is -0.103. The van der Waals surface area contributed by atoms with E-state index in [1.807, 2.05) is 6.07 Å². The van der Waals surface area contributed by atoms with Gasteiger partial charge in [-0.15, -0.1) is 12.4 Å². The number of nitrogens with one attached hydrogen (secondary N) is 2. The fourth-order valence-corrected chi connectivity index (χ4v) is 1.03. The van der Waals surface area contributed by atoms with Crippen molar-refractivity contribution in [2.24, 2.45) is 0 Å². The standard InChI is InChI=1S/C8H7N3O.ClH/c12-8-3-6(1-2-9-8)7-4-10-11-5-7;/h1-5H,(H,9,12)(H,10,11);1H. The Labute approximate surface area is 80.4 Å². The van der Waals surface area contributed by atoms with Crippen LogP contribution in [0.3, 0.4) is 0 Å². The topological polar surface area (TPSA) is 61.5 Å². The first-order valence-electron chi connectivity index (χ1n) is 3.54. The zero-order valence-corrected chi connectivity index (χ0v) is 7.47. The molecule has 5 heteroatoms. The van der Waals surface area contributed by atoms with Crippen molar-refractivity contribution in [3.8, 4) is 11.1 Å². The van der Waals surface area contributed by atoms with E-state index in [0.717, 1.165) is 11.1 Å². The predicted molar refractivity (Wildman–Crippen MR) is 51.9 cm³/mol. The van der Waals surface area contributed by atoms with Crippen molar-refractivity contribution in [2.75, 3.05) is 0 Å². The quantitative estimate of drug-likeness (QED) is 0.722. The molecular weight excluding hydrogens is 190 g/mol. The van der Waals surface area contributed by atoms with Crippen LogP contribution in [0.2, 0.25) is 0 Å². The Balaban J connectivity index is 0.000000845. The van der Waals surface area contributed by atoms with Gasteiger partial charge in [-0.25, -0.2) is 0 Å². The van der Waals surface area contributed by atoms with E-state index >= 15 is 0 Å². The largest absolute Gasteiger partial charge is 0.329 e. The third kappa shape index (κ3) is 1.97. The van der Waals surface area contributed by atoms with Gasteiger partial charge in [-0.2, -0.15) is 5.10 Å². The van der Waals surface area contributed by atoms with Gasteiger partial charge in [0.2, 0.25) is 5.56 Å². The lowest BCUT2D eigenvalue weighted by Gasteiger charge is -1.92. The Kier molecular flexibility index (Phi) is 2.87. The number of nitrogens with zero attached hydrogens (tertiary/aromatic N) is 1. The zero-order chi connectivity index (χ0) is 8.39. The van der Waals surface area contributed by atoms with E-state index in [0.29, 0.717) is 0 Å². The molecule has 0 atom stereocenters. The number of aromatic nitrogens is 3. The molecule has 0 unspecified atom stereocenters. The summed E-state index contributed by atoms with van der Waals surface area (Å²) in [6.45, 7) is 0. The molecule has 0 aliphatic rings. The maximum atomic E-state index is 10.9. The third-order valence-electron chi connectivity index (χ3n) is 1.61. The lowest BCUT2D eigenvalue weighted by atomic mass is 10.1. The summed E-state index contributed by atoms with van der Waals surface area (Å²) in [6.07, 6.45) is 5.04. The molecule has 0 aromatic carbocycles. The Morgan fingerprint density at radius 3 is 2.77 bits per heavy atom. The van der Waals surface area contributed by atoms with E-state index in [2.05, 4.69) is 15.2 Å². The van der Waals surface area contributed by atoms with Crippen LogP contribution in [0, 0.1) is 0 Å². The highest BCUT2D eigenvalue weighted by Crippen LogP contribution is 2.13. The first kappa shape index (κ1) is 9.54. The molecule has 2 N–H and O–H groups in total. The zero-order valence-electron chi connectivity index (χ0n) is 6.65. The summed E-state index contributed by atoms with van der Waals surface area (Å²) in [4.78, 5) is 13.4. The number of hydrogen-bond donors (Lipinski definition) is 2. The molecule has 2 aromatic heterocycles. The Morgan fingerprint density at radius 2 is 2.15 bits per heavy atom. The summed E-state index contributed by atoms with van der Waals surface area (Å²) in [7, 11) is 0. The first-order chi connectivity index (χ1) is 5.86. The van der Waals surface area contributed by atoms with Crippen molar-refractivity contribution in [3.05, 3.63) is 41.1 Å². The van der Waals surface area contributed by atoms with Crippen LogP contribution in [0.5, 0.6) is 0 Å². The second-order valence-electron chi connectivity index (χ2n) is 2.43. The van der Waals surface area contributed by atoms with Gasteiger partial charge in [0.05, 0.1) is 6.20 Å². The number of hydrogen-bond acceptors (Lipinski definition) is 2. The van der Waals surface area contributed by atoms with Crippen LogP contribution in [-0.2, 0) is 0 Å². The molecule has 2 rings (SSSR count). The number of pyridine rings is 1.